The summed E-state index contributed by atoms with van der Waals surface area (Å²) in [6.07, 6.45) is 30.9. The smallest absolute Gasteiger partial charge is 0.220 e. The van der Waals surface area contributed by atoms with Crippen molar-refractivity contribution in [1.29, 1.82) is 0 Å². The zero-order chi connectivity index (χ0) is 59.0. The molecule has 12 N–H and O–H groups in total. The van der Waals surface area contributed by atoms with E-state index >= 15 is 0 Å². The number of allylic oxidation sites excluding steroid dienone is 19. The molecule has 1 amide bonds. The largest absolute Gasteiger partial charge is 0.394 e. The SMILES string of the molecule is CC/C=C\C/C=C\C/C=C\C/C=C\C/C=C\C/C=C\C/C=C\C/C=C\C/C=C\CCCC(=O)NC(COC1OC(CO)C(OC2OC(CO)C(OC3OC(CO)C(O)C(O)C3O)C(O)C2O)C(O)C1O)C(O)/C=C/CCCCCCC. The van der Waals surface area contributed by atoms with Crippen LogP contribution < -0.4 is 5.32 Å². The van der Waals surface area contributed by atoms with Crippen molar-refractivity contribution < 1.29 is 89.4 Å². The monoisotopic (exact) mass is 1150 g/mol. The van der Waals surface area contributed by atoms with Gasteiger partial charge in [-0.15, -0.1) is 0 Å². The van der Waals surface area contributed by atoms with E-state index in [1.54, 1.807) is 6.08 Å². The van der Waals surface area contributed by atoms with Gasteiger partial charge in [-0.1, -0.05) is 161 Å². The second-order valence-electron chi connectivity index (χ2n) is 20.4. The number of rotatable bonds is 40. The summed E-state index contributed by atoms with van der Waals surface area (Å²) in [5.41, 5.74) is 0. The minimum atomic E-state index is -1.99. The van der Waals surface area contributed by atoms with Gasteiger partial charge in [0.1, 0.15) is 73.2 Å². The van der Waals surface area contributed by atoms with Crippen LogP contribution in [0.1, 0.15) is 129 Å². The van der Waals surface area contributed by atoms with Gasteiger partial charge in [-0.25, -0.2) is 0 Å². The van der Waals surface area contributed by atoms with Crippen LogP contribution in [-0.4, -0.2) is 193 Å². The van der Waals surface area contributed by atoms with E-state index in [2.05, 4.69) is 116 Å². The Hall–Kier alpha value is -3.81. The minimum Gasteiger partial charge on any atom is -0.394 e. The van der Waals surface area contributed by atoms with Crippen LogP contribution in [0.25, 0.3) is 0 Å². The summed E-state index contributed by atoms with van der Waals surface area (Å²) in [5.74, 6) is -0.346. The highest BCUT2D eigenvalue weighted by molar-refractivity contribution is 5.76. The Balaban J connectivity index is 1.43. The van der Waals surface area contributed by atoms with E-state index in [4.69, 9.17) is 28.4 Å². The zero-order valence-corrected chi connectivity index (χ0v) is 47.7. The standard InChI is InChI=1S/C62H99NO18/c1-3-5-7-9-11-12-13-14-15-16-17-18-19-20-21-22-23-24-25-26-27-28-29-30-31-32-34-36-38-40-50(68)63-45(46(67)39-37-35-33-10-8-6-4-2)44-76-60-56(74)53(71)58(48(42-65)78-60)81-62-57(75)54(72)59(49(43-66)79-62)80-61-55(73)52(70)51(69)47(41-64)77-61/h5,7,11-12,14-15,17-18,20-21,23-24,26-27,29-30,32,34,37,39,45-49,51-62,64-67,69-75H,3-4,6,8-10,13,16,19,22,25,28,31,33,35-36,38,40-44H2,1-2H3,(H,63,68)/b7-5-,12-11-,15-14-,18-17-,21-20-,24-23-,27-26-,30-29-,34-32-,39-37+. The Kier molecular flexibility index (Phi) is 38.6. The normalized spacial score (nSPS) is 30.7. The van der Waals surface area contributed by atoms with Gasteiger partial charge in [-0.2, -0.15) is 0 Å². The summed E-state index contributed by atoms with van der Waals surface area (Å²) in [7, 11) is 0. The van der Waals surface area contributed by atoms with Crippen LogP contribution in [-0.2, 0) is 33.2 Å². The van der Waals surface area contributed by atoms with E-state index in [1.807, 2.05) is 18.2 Å². The zero-order valence-electron chi connectivity index (χ0n) is 47.7. The second-order valence-corrected chi connectivity index (χ2v) is 20.4. The first-order chi connectivity index (χ1) is 39.3. The summed E-state index contributed by atoms with van der Waals surface area (Å²) in [6.45, 7) is 1.44. The van der Waals surface area contributed by atoms with Crippen molar-refractivity contribution in [2.24, 2.45) is 0 Å². The third-order valence-corrected chi connectivity index (χ3v) is 13.8. The fourth-order valence-electron chi connectivity index (χ4n) is 8.95. The van der Waals surface area contributed by atoms with E-state index in [9.17, 15) is 61.0 Å². The summed E-state index contributed by atoms with van der Waals surface area (Å²) in [4.78, 5) is 13.2. The predicted molar refractivity (Wildman–Crippen MR) is 309 cm³/mol. The molecule has 17 unspecified atom stereocenters. The molecule has 0 aromatic heterocycles. The molecule has 3 fully saturated rings. The number of hydrogen-bond donors (Lipinski definition) is 12. The molecule has 3 aliphatic rings. The lowest BCUT2D eigenvalue weighted by Crippen LogP contribution is -2.66. The Labute approximate surface area is 480 Å². The van der Waals surface area contributed by atoms with Crippen LogP contribution in [0.5, 0.6) is 0 Å². The van der Waals surface area contributed by atoms with Crippen LogP contribution in [0.3, 0.4) is 0 Å². The molecule has 0 saturated carbocycles. The summed E-state index contributed by atoms with van der Waals surface area (Å²) < 4.78 is 34.0. The topological polar surface area (TPSA) is 307 Å². The van der Waals surface area contributed by atoms with Gasteiger partial charge < -0.3 is 89.9 Å². The lowest BCUT2D eigenvalue weighted by atomic mass is 9.96. The van der Waals surface area contributed by atoms with Gasteiger partial charge in [0, 0.05) is 6.42 Å². The molecule has 3 rings (SSSR count). The third-order valence-electron chi connectivity index (χ3n) is 13.8. The second kappa shape index (κ2) is 43.8. The van der Waals surface area contributed by atoms with Crippen molar-refractivity contribution in [3.63, 3.8) is 0 Å². The van der Waals surface area contributed by atoms with Crippen molar-refractivity contribution in [3.05, 3.63) is 122 Å². The molecule has 460 valence electrons. The first-order valence-electron chi connectivity index (χ1n) is 29.3. The van der Waals surface area contributed by atoms with Crippen LogP contribution >= 0.6 is 0 Å². The maximum atomic E-state index is 13.2. The lowest BCUT2D eigenvalue weighted by Gasteiger charge is -2.48. The number of aliphatic hydroxyl groups excluding tert-OH is 11. The average molecular weight is 1150 g/mol. The average Bonchev–Trinajstić information content (AvgIpc) is 3.48. The number of hydrogen-bond acceptors (Lipinski definition) is 18. The molecule has 0 aromatic carbocycles. The fraction of sp³-hybridized carbons (Fsp3) is 0.661. The van der Waals surface area contributed by atoms with Crippen LogP contribution in [0.2, 0.25) is 0 Å². The quantitative estimate of drug-likeness (QED) is 0.0286. The number of aliphatic hydroxyl groups is 11. The van der Waals surface area contributed by atoms with Gasteiger partial charge in [0.05, 0.1) is 38.6 Å². The summed E-state index contributed by atoms with van der Waals surface area (Å²) in [5, 5.41) is 120. The third kappa shape index (κ3) is 27.6. The summed E-state index contributed by atoms with van der Waals surface area (Å²) >= 11 is 0. The molecule has 0 aromatic rings. The molecule has 3 aliphatic heterocycles. The number of unbranched alkanes of at least 4 members (excludes halogenated alkanes) is 6. The number of carbonyl (C=O) groups is 1. The number of ether oxygens (including phenoxy) is 6. The van der Waals surface area contributed by atoms with Crippen molar-refractivity contribution in [3.8, 4) is 0 Å². The predicted octanol–water partition coefficient (Wildman–Crippen LogP) is 4.92. The van der Waals surface area contributed by atoms with Crippen molar-refractivity contribution in [2.75, 3.05) is 26.4 Å². The fourth-order valence-corrected chi connectivity index (χ4v) is 8.95. The van der Waals surface area contributed by atoms with E-state index in [-0.39, 0.29) is 18.9 Å². The Morgan fingerprint density at radius 3 is 1.31 bits per heavy atom. The summed E-state index contributed by atoms with van der Waals surface area (Å²) in [6, 6.07) is -1.01. The van der Waals surface area contributed by atoms with Crippen molar-refractivity contribution in [2.45, 2.75) is 234 Å². The van der Waals surface area contributed by atoms with Gasteiger partial charge in [-0.3, -0.25) is 4.79 Å². The lowest BCUT2D eigenvalue weighted by molar-refractivity contribution is -0.379. The maximum Gasteiger partial charge on any atom is 0.220 e. The van der Waals surface area contributed by atoms with Crippen LogP contribution in [0.15, 0.2) is 122 Å². The first-order valence-corrected chi connectivity index (χ1v) is 29.3. The van der Waals surface area contributed by atoms with Crippen LogP contribution in [0, 0.1) is 0 Å². The van der Waals surface area contributed by atoms with Gasteiger partial charge in [0.15, 0.2) is 18.9 Å². The van der Waals surface area contributed by atoms with Gasteiger partial charge in [0.25, 0.3) is 0 Å². The highest BCUT2D eigenvalue weighted by Gasteiger charge is 2.53. The highest BCUT2D eigenvalue weighted by atomic mass is 16.8. The van der Waals surface area contributed by atoms with Gasteiger partial charge >= 0.3 is 0 Å². The minimum absolute atomic E-state index is 0.153. The van der Waals surface area contributed by atoms with E-state index in [1.165, 1.54) is 0 Å². The molecular formula is C62H99NO18. The number of nitrogens with one attached hydrogen (secondary N) is 1. The highest BCUT2D eigenvalue weighted by Crippen LogP contribution is 2.33. The molecule has 3 heterocycles. The molecule has 3 saturated heterocycles. The Bertz CT molecular complexity index is 1950. The Morgan fingerprint density at radius 2 is 0.852 bits per heavy atom. The molecule has 0 radical (unpaired) electrons. The van der Waals surface area contributed by atoms with E-state index < -0.39 is 124 Å². The molecule has 17 atom stereocenters. The molecule has 0 aliphatic carbocycles. The number of carbonyl (C=O) groups excluding carboxylic acids is 1. The van der Waals surface area contributed by atoms with Crippen molar-refractivity contribution >= 4 is 5.91 Å². The van der Waals surface area contributed by atoms with E-state index in [0.717, 1.165) is 89.9 Å². The molecule has 19 heteroatoms. The molecule has 19 nitrogen and oxygen atoms in total. The maximum absolute atomic E-state index is 13.2. The molecular weight excluding hydrogens is 1050 g/mol. The van der Waals surface area contributed by atoms with E-state index in [0.29, 0.717) is 19.3 Å². The van der Waals surface area contributed by atoms with Crippen molar-refractivity contribution in [1.82, 2.24) is 5.32 Å². The molecule has 0 spiro atoms. The first kappa shape index (κ1) is 71.5. The van der Waals surface area contributed by atoms with Gasteiger partial charge in [-0.05, 0) is 83.5 Å². The molecule has 81 heavy (non-hydrogen) atoms. The number of amides is 1. The molecule has 0 bridgehead atoms. The Morgan fingerprint density at radius 1 is 0.457 bits per heavy atom. The van der Waals surface area contributed by atoms with Gasteiger partial charge in [0.2, 0.25) is 5.91 Å². The van der Waals surface area contributed by atoms with Crippen LogP contribution in [0.4, 0.5) is 0 Å².